The van der Waals surface area contributed by atoms with Gasteiger partial charge in [-0.1, -0.05) is 0 Å². The zero-order chi connectivity index (χ0) is 6.62. The van der Waals surface area contributed by atoms with Crippen LogP contribution in [0.25, 0.3) is 0 Å². The van der Waals surface area contributed by atoms with Crippen LogP contribution in [0.3, 0.4) is 0 Å². The van der Waals surface area contributed by atoms with Gasteiger partial charge in [0.25, 0.3) is 0 Å². The monoisotopic (exact) mass is 245 g/mol. The first-order valence-corrected chi connectivity index (χ1v) is 2.30. The van der Waals surface area contributed by atoms with E-state index in [-0.39, 0.29) is 24.4 Å². The molecule has 0 aromatic rings. The Morgan fingerprint density at radius 1 is 1.00 bits per heavy atom. The van der Waals surface area contributed by atoms with Gasteiger partial charge < -0.3 is 21.1 Å². The SMILES string of the molecule is NC(CO)(CO)CO.[SbH3]. The predicted octanol–water partition coefficient (Wildman–Crippen LogP) is -3.52. The van der Waals surface area contributed by atoms with Crippen LogP contribution in [0.2, 0.25) is 0 Å². The average molecular weight is 246 g/mol. The Balaban J connectivity index is 0. The fourth-order valence-electron chi connectivity index (χ4n) is 0.150. The van der Waals surface area contributed by atoms with E-state index in [0.717, 1.165) is 0 Å². The van der Waals surface area contributed by atoms with Crippen LogP contribution in [-0.4, -0.2) is 65.1 Å². The third-order valence-corrected chi connectivity index (χ3v) is 0.945. The molecule has 0 saturated carbocycles. The van der Waals surface area contributed by atoms with E-state index < -0.39 is 25.4 Å². The molecule has 0 saturated heterocycles. The first-order valence-electron chi connectivity index (χ1n) is 2.30. The molecule has 58 valence electrons. The van der Waals surface area contributed by atoms with Crippen LogP contribution in [0.15, 0.2) is 0 Å². The Morgan fingerprint density at radius 2 is 1.22 bits per heavy atom. The van der Waals surface area contributed by atoms with Crippen LogP contribution in [0.4, 0.5) is 0 Å². The van der Waals surface area contributed by atoms with Crippen LogP contribution in [0.1, 0.15) is 0 Å². The van der Waals surface area contributed by atoms with Gasteiger partial charge in [0.1, 0.15) is 0 Å². The van der Waals surface area contributed by atoms with Crippen LogP contribution in [0.5, 0.6) is 0 Å². The molecule has 0 aliphatic heterocycles. The predicted molar refractivity (Wildman–Crippen MR) is 38.1 cm³/mol. The van der Waals surface area contributed by atoms with Crippen LogP contribution in [0, 0.1) is 0 Å². The summed E-state index contributed by atoms with van der Waals surface area (Å²) in [5.41, 5.74) is 3.94. The van der Waals surface area contributed by atoms with Gasteiger partial charge in [0, 0.05) is 0 Å². The molecule has 5 heteroatoms. The van der Waals surface area contributed by atoms with Crippen molar-refractivity contribution in [1.82, 2.24) is 0 Å². The van der Waals surface area contributed by atoms with E-state index in [2.05, 4.69) is 0 Å². The molecule has 4 nitrogen and oxygen atoms in total. The third kappa shape index (κ3) is 4.11. The maximum absolute atomic E-state index is 8.34. The number of aliphatic hydroxyl groups is 3. The van der Waals surface area contributed by atoms with Crippen molar-refractivity contribution in [3.63, 3.8) is 0 Å². The quantitative estimate of drug-likeness (QED) is 0.389. The molecule has 0 aliphatic rings. The van der Waals surface area contributed by atoms with Gasteiger partial charge in [0.05, 0.1) is 25.4 Å². The Hall–Kier alpha value is 0.658. The van der Waals surface area contributed by atoms with Crippen molar-refractivity contribution in [2.45, 2.75) is 5.54 Å². The summed E-state index contributed by atoms with van der Waals surface area (Å²) in [5, 5.41) is 25.0. The molecule has 0 bridgehead atoms. The molecule has 0 fully saturated rings. The number of nitrogens with two attached hydrogens (primary N) is 1. The van der Waals surface area contributed by atoms with Gasteiger partial charge in [0.2, 0.25) is 0 Å². The topological polar surface area (TPSA) is 86.7 Å². The summed E-state index contributed by atoms with van der Waals surface area (Å²) < 4.78 is 0. The molecule has 9 heavy (non-hydrogen) atoms. The Kier molecular flexibility index (Phi) is 7.47. The molecule has 0 rings (SSSR count). The van der Waals surface area contributed by atoms with Gasteiger partial charge >= 0.3 is 24.4 Å². The number of hydrogen-bond donors (Lipinski definition) is 4. The summed E-state index contributed by atoms with van der Waals surface area (Å²) in [7, 11) is 0. The van der Waals surface area contributed by atoms with Crippen molar-refractivity contribution in [2.24, 2.45) is 5.73 Å². The molecule has 0 amide bonds. The zero-order valence-electron chi connectivity index (χ0n) is 5.25. The Labute approximate surface area is 71.1 Å². The fraction of sp³-hybridized carbons (Fsp3) is 1.00. The second kappa shape index (κ2) is 5.44. The molecular weight excluding hydrogens is 232 g/mol. The molecule has 0 unspecified atom stereocenters. The van der Waals surface area contributed by atoms with E-state index in [1.165, 1.54) is 0 Å². The van der Waals surface area contributed by atoms with Crippen LogP contribution in [-0.2, 0) is 0 Å². The summed E-state index contributed by atoms with van der Waals surface area (Å²) >= 11 is 0. The number of rotatable bonds is 3. The number of hydrogen-bond acceptors (Lipinski definition) is 4. The third-order valence-electron chi connectivity index (χ3n) is 0.945. The first-order chi connectivity index (χ1) is 3.68. The van der Waals surface area contributed by atoms with Crippen molar-refractivity contribution in [3.8, 4) is 0 Å². The van der Waals surface area contributed by atoms with Crippen molar-refractivity contribution >= 4 is 24.4 Å². The van der Waals surface area contributed by atoms with Crippen molar-refractivity contribution in [1.29, 1.82) is 0 Å². The van der Waals surface area contributed by atoms with E-state index in [4.69, 9.17) is 21.1 Å². The molecule has 0 atom stereocenters. The second-order valence-electron chi connectivity index (χ2n) is 1.84. The van der Waals surface area contributed by atoms with Gasteiger partial charge in [-0.2, -0.15) is 0 Å². The molecule has 0 aromatic carbocycles. The first kappa shape index (κ1) is 12.3. The molecule has 0 spiro atoms. The Bertz CT molecular complexity index is 58.6. The molecule has 0 aliphatic carbocycles. The summed E-state index contributed by atoms with van der Waals surface area (Å²) in [6, 6.07) is 0. The van der Waals surface area contributed by atoms with Gasteiger partial charge in [0.15, 0.2) is 0 Å². The normalized spacial score (nSPS) is 10.7. The van der Waals surface area contributed by atoms with Crippen LogP contribution >= 0.6 is 0 Å². The van der Waals surface area contributed by atoms with E-state index in [0.29, 0.717) is 0 Å². The zero-order valence-corrected chi connectivity index (χ0v) is 9.28. The second-order valence-corrected chi connectivity index (χ2v) is 1.84. The summed E-state index contributed by atoms with van der Waals surface area (Å²) in [4.78, 5) is 0. The molecular formula is C4H14NO3Sb. The van der Waals surface area contributed by atoms with Gasteiger partial charge in [-0.05, 0) is 0 Å². The van der Waals surface area contributed by atoms with E-state index in [1.54, 1.807) is 0 Å². The van der Waals surface area contributed by atoms with Gasteiger partial charge in [-0.3, -0.25) is 0 Å². The molecule has 0 heterocycles. The minimum atomic E-state index is -1.21. The van der Waals surface area contributed by atoms with Crippen molar-refractivity contribution < 1.29 is 15.3 Å². The van der Waals surface area contributed by atoms with E-state index >= 15 is 0 Å². The fourth-order valence-corrected chi connectivity index (χ4v) is 0.150. The van der Waals surface area contributed by atoms with Gasteiger partial charge in [-0.25, -0.2) is 0 Å². The van der Waals surface area contributed by atoms with E-state index in [9.17, 15) is 0 Å². The van der Waals surface area contributed by atoms with Crippen molar-refractivity contribution in [3.05, 3.63) is 0 Å². The number of aliphatic hydroxyl groups excluding tert-OH is 3. The maximum atomic E-state index is 8.34. The summed E-state index contributed by atoms with van der Waals surface area (Å²) in [6.45, 7) is -1.21. The van der Waals surface area contributed by atoms with E-state index in [1.807, 2.05) is 0 Å². The minimum absolute atomic E-state index is 0. The van der Waals surface area contributed by atoms with Crippen LogP contribution < -0.4 is 5.73 Å². The molecule has 0 aromatic heterocycles. The molecule has 5 N–H and O–H groups in total. The summed E-state index contributed by atoms with van der Waals surface area (Å²) in [6.07, 6.45) is 0. The van der Waals surface area contributed by atoms with Crippen molar-refractivity contribution in [2.75, 3.05) is 19.8 Å². The van der Waals surface area contributed by atoms with Gasteiger partial charge in [-0.15, -0.1) is 0 Å². The Morgan fingerprint density at radius 3 is 1.22 bits per heavy atom. The molecule has 0 radical (unpaired) electrons. The summed E-state index contributed by atoms with van der Waals surface area (Å²) in [5.74, 6) is 0. The average Bonchev–Trinajstić information content (AvgIpc) is 1.87. The standard InChI is InChI=1S/C4H11NO3.Sb.3H/c5-4(1-6,2-7)3-8;;;;/h6-8H,1-3,5H2;;;;.